The van der Waals surface area contributed by atoms with Gasteiger partial charge in [-0.2, -0.15) is 4.31 Å². The highest BCUT2D eigenvalue weighted by molar-refractivity contribution is 7.92. The summed E-state index contributed by atoms with van der Waals surface area (Å²) in [5, 5.41) is 12.1. The number of nitrogens with zero attached hydrogens (tertiary/aromatic N) is 3. The van der Waals surface area contributed by atoms with Crippen LogP contribution in [0.5, 0.6) is 0 Å². The average molecular weight is 387 g/mol. The number of nitro benzene ring substituents is 1. The van der Waals surface area contributed by atoms with Crippen LogP contribution in [0, 0.1) is 10.1 Å². The van der Waals surface area contributed by atoms with Crippen molar-refractivity contribution in [2.75, 3.05) is 26.2 Å². The third-order valence-corrected chi connectivity index (χ3v) is 6.02. The fraction of sp³-hybridized carbons (Fsp3) is 0.263. The van der Waals surface area contributed by atoms with E-state index in [-0.39, 0.29) is 5.69 Å². The van der Waals surface area contributed by atoms with Crippen molar-refractivity contribution < 1.29 is 13.3 Å². The minimum absolute atomic E-state index is 0.0692. The van der Waals surface area contributed by atoms with Gasteiger partial charge in [0, 0.05) is 50.3 Å². The maximum absolute atomic E-state index is 12.5. The lowest BCUT2D eigenvalue weighted by atomic mass is 10.2. The topological polar surface area (TPSA) is 83.8 Å². The van der Waals surface area contributed by atoms with Crippen molar-refractivity contribution in [2.45, 2.75) is 6.54 Å². The van der Waals surface area contributed by atoms with Gasteiger partial charge in [-0.3, -0.25) is 15.0 Å². The third-order valence-electron chi connectivity index (χ3n) is 4.45. The van der Waals surface area contributed by atoms with Crippen LogP contribution in [0.2, 0.25) is 0 Å². The molecule has 2 aromatic rings. The van der Waals surface area contributed by atoms with Gasteiger partial charge in [0.15, 0.2) is 0 Å². The summed E-state index contributed by atoms with van der Waals surface area (Å²) in [4.78, 5) is 12.6. The predicted octanol–water partition coefficient (Wildman–Crippen LogP) is 2.71. The Balaban J connectivity index is 1.57. The summed E-state index contributed by atoms with van der Waals surface area (Å²) in [6, 6.07) is 15.8. The number of benzene rings is 2. The molecule has 1 saturated heterocycles. The van der Waals surface area contributed by atoms with Crippen molar-refractivity contribution in [2.24, 2.45) is 0 Å². The van der Waals surface area contributed by atoms with Crippen LogP contribution in [0.4, 0.5) is 5.69 Å². The highest BCUT2D eigenvalue weighted by atomic mass is 32.2. The van der Waals surface area contributed by atoms with Crippen molar-refractivity contribution in [3.63, 3.8) is 0 Å². The van der Waals surface area contributed by atoms with Crippen molar-refractivity contribution >= 4 is 21.8 Å². The molecule has 7 nitrogen and oxygen atoms in total. The molecule has 0 radical (unpaired) electrons. The summed E-state index contributed by atoms with van der Waals surface area (Å²) in [6.07, 6.45) is 1.60. The van der Waals surface area contributed by atoms with Crippen molar-refractivity contribution in [3.8, 4) is 0 Å². The molecule has 27 heavy (non-hydrogen) atoms. The molecule has 2 aromatic carbocycles. The van der Waals surface area contributed by atoms with Gasteiger partial charge in [0.05, 0.1) is 4.92 Å². The van der Waals surface area contributed by atoms with Gasteiger partial charge in [-0.15, -0.1) is 0 Å². The predicted molar refractivity (Wildman–Crippen MR) is 104 cm³/mol. The number of nitro groups is 1. The zero-order valence-electron chi connectivity index (χ0n) is 14.8. The lowest BCUT2D eigenvalue weighted by Crippen LogP contribution is -2.47. The standard InChI is InChI=1S/C19H21N3O4S/c23-22(24)19-8-4-7-18(15-19)16-20-10-12-21(13-11-20)27(25,26)14-9-17-5-2-1-3-6-17/h1-9,14-15H,10-13,16H2. The monoisotopic (exact) mass is 387 g/mol. The molecule has 8 heteroatoms. The van der Waals surface area contributed by atoms with E-state index in [0.717, 1.165) is 11.1 Å². The number of sulfonamides is 1. The van der Waals surface area contributed by atoms with E-state index >= 15 is 0 Å². The molecule has 142 valence electrons. The van der Waals surface area contributed by atoms with Gasteiger partial charge in [0.1, 0.15) is 0 Å². The zero-order chi connectivity index (χ0) is 19.3. The summed E-state index contributed by atoms with van der Waals surface area (Å²) in [5.41, 5.74) is 1.76. The Morgan fingerprint density at radius 3 is 2.37 bits per heavy atom. The molecule has 1 aliphatic rings. The largest absolute Gasteiger partial charge is 0.296 e. The van der Waals surface area contributed by atoms with Crippen LogP contribution in [0.3, 0.4) is 0 Å². The number of piperazine rings is 1. The van der Waals surface area contributed by atoms with E-state index < -0.39 is 14.9 Å². The Labute approximate surface area is 158 Å². The first-order valence-corrected chi connectivity index (χ1v) is 10.1. The van der Waals surface area contributed by atoms with Crippen LogP contribution in [0.1, 0.15) is 11.1 Å². The number of rotatable bonds is 6. The second-order valence-electron chi connectivity index (χ2n) is 6.36. The maximum Gasteiger partial charge on any atom is 0.269 e. The fourth-order valence-corrected chi connectivity index (χ4v) is 4.16. The van der Waals surface area contributed by atoms with E-state index in [1.807, 2.05) is 36.4 Å². The van der Waals surface area contributed by atoms with E-state index in [2.05, 4.69) is 4.90 Å². The Hall–Kier alpha value is -2.55. The van der Waals surface area contributed by atoms with E-state index in [4.69, 9.17) is 0 Å². The van der Waals surface area contributed by atoms with Gasteiger partial charge in [-0.05, 0) is 17.2 Å². The molecular formula is C19H21N3O4S. The van der Waals surface area contributed by atoms with Crippen LogP contribution in [0.25, 0.3) is 6.08 Å². The van der Waals surface area contributed by atoms with Crippen molar-refractivity contribution in [1.82, 2.24) is 9.21 Å². The molecule has 1 fully saturated rings. The number of hydrogen-bond donors (Lipinski definition) is 0. The average Bonchev–Trinajstić information content (AvgIpc) is 2.68. The first-order valence-electron chi connectivity index (χ1n) is 8.63. The second-order valence-corrected chi connectivity index (χ2v) is 8.18. The molecule has 1 aliphatic heterocycles. The van der Waals surface area contributed by atoms with Gasteiger partial charge in [0.25, 0.3) is 5.69 Å². The summed E-state index contributed by atoms with van der Waals surface area (Å²) in [5.74, 6) is 0. The lowest BCUT2D eigenvalue weighted by molar-refractivity contribution is -0.384. The molecule has 0 unspecified atom stereocenters. The smallest absolute Gasteiger partial charge is 0.269 e. The molecule has 0 N–H and O–H groups in total. The first-order chi connectivity index (χ1) is 12.9. The van der Waals surface area contributed by atoms with Crippen LogP contribution in [-0.2, 0) is 16.6 Å². The summed E-state index contributed by atoms with van der Waals surface area (Å²) >= 11 is 0. The normalized spacial score (nSPS) is 16.6. The van der Waals surface area contributed by atoms with Crippen LogP contribution < -0.4 is 0 Å². The van der Waals surface area contributed by atoms with Crippen LogP contribution in [0.15, 0.2) is 60.0 Å². The summed E-state index contributed by atoms with van der Waals surface area (Å²) in [6.45, 7) is 2.53. The van der Waals surface area contributed by atoms with E-state index in [1.165, 1.54) is 15.8 Å². The van der Waals surface area contributed by atoms with Gasteiger partial charge in [0.2, 0.25) is 10.0 Å². The quantitative estimate of drug-likeness (QED) is 0.562. The van der Waals surface area contributed by atoms with Gasteiger partial charge in [-0.1, -0.05) is 42.5 Å². The minimum Gasteiger partial charge on any atom is -0.296 e. The highest BCUT2D eigenvalue weighted by Gasteiger charge is 2.25. The molecule has 0 atom stereocenters. The minimum atomic E-state index is -3.46. The highest BCUT2D eigenvalue weighted by Crippen LogP contribution is 2.17. The number of hydrogen-bond acceptors (Lipinski definition) is 5. The van der Waals surface area contributed by atoms with Crippen LogP contribution in [-0.4, -0.2) is 48.7 Å². The Kier molecular flexibility index (Phi) is 6.00. The maximum atomic E-state index is 12.5. The molecule has 3 rings (SSSR count). The molecule has 1 heterocycles. The van der Waals surface area contributed by atoms with E-state index in [0.29, 0.717) is 32.7 Å². The third kappa shape index (κ3) is 5.22. The molecule has 0 aliphatic carbocycles. The summed E-state index contributed by atoms with van der Waals surface area (Å²) in [7, 11) is -3.46. The van der Waals surface area contributed by atoms with Crippen LogP contribution >= 0.6 is 0 Å². The first kappa shape index (κ1) is 19.2. The molecule has 0 aromatic heterocycles. The molecular weight excluding hydrogens is 366 g/mol. The van der Waals surface area contributed by atoms with E-state index in [1.54, 1.807) is 18.2 Å². The van der Waals surface area contributed by atoms with E-state index in [9.17, 15) is 18.5 Å². The van der Waals surface area contributed by atoms with Crippen molar-refractivity contribution in [1.29, 1.82) is 0 Å². The second kappa shape index (κ2) is 8.43. The van der Waals surface area contributed by atoms with Gasteiger partial charge in [-0.25, -0.2) is 8.42 Å². The lowest BCUT2D eigenvalue weighted by Gasteiger charge is -2.33. The Morgan fingerprint density at radius 2 is 1.70 bits per heavy atom. The Bertz CT molecular complexity index is 921. The van der Waals surface area contributed by atoms with Crippen molar-refractivity contribution in [3.05, 3.63) is 81.2 Å². The fourth-order valence-electron chi connectivity index (χ4n) is 2.98. The van der Waals surface area contributed by atoms with Gasteiger partial charge < -0.3 is 0 Å². The SMILES string of the molecule is O=[N+]([O-])c1cccc(CN2CCN(S(=O)(=O)C=Cc3ccccc3)CC2)c1. The number of non-ortho nitro benzene ring substituents is 1. The van der Waals surface area contributed by atoms with Gasteiger partial charge >= 0.3 is 0 Å². The zero-order valence-corrected chi connectivity index (χ0v) is 15.6. The molecule has 0 saturated carbocycles. The molecule has 0 amide bonds. The summed E-state index contributed by atoms with van der Waals surface area (Å²) < 4.78 is 26.4. The molecule has 0 bridgehead atoms. The molecule has 0 spiro atoms. The Morgan fingerprint density at radius 1 is 1.00 bits per heavy atom.